The summed E-state index contributed by atoms with van der Waals surface area (Å²) in [5.74, 6) is -5.06. The summed E-state index contributed by atoms with van der Waals surface area (Å²) in [6, 6.07) is 7.43. The normalized spacial score (nSPS) is 11.4. The van der Waals surface area contributed by atoms with Gasteiger partial charge in [-0.05, 0) is 30.7 Å². The first kappa shape index (κ1) is 18.5. The average Bonchev–Trinajstić information content (AvgIpc) is 2.56. The lowest BCUT2D eigenvalue weighted by molar-refractivity contribution is -0.148. The van der Waals surface area contributed by atoms with Crippen LogP contribution < -0.4 is 15.8 Å². The molecular weight excluding hydrogens is 342 g/mol. The van der Waals surface area contributed by atoms with Gasteiger partial charge >= 0.3 is 12.3 Å². The number of amides is 1. The number of rotatable bonds is 6. The molecule has 0 spiro atoms. The summed E-state index contributed by atoms with van der Waals surface area (Å²) in [4.78, 5) is 15.8. The molecule has 1 amide bonds. The largest absolute Gasteiger partial charge is 0.471 e. The molecule has 25 heavy (non-hydrogen) atoms. The van der Waals surface area contributed by atoms with Crippen molar-refractivity contribution in [3.05, 3.63) is 47.7 Å². The first-order valence-electron chi connectivity index (χ1n) is 7.11. The maximum Gasteiger partial charge on any atom is 0.340 e. The minimum atomic E-state index is -4.28. The van der Waals surface area contributed by atoms with E-state index >= 15 is 0 Å². The molecule has 0 saturated heterocycles. The average molecular weight is 357 g/mol. The van der Waals surface area contributed by atoms with Crippen molar-refractivity contribution in [1.29, 1.82) is 0 Å². The predicted octanol–water partition coefficient (Wildman–Crippen LogP) is 3.50. The number of hydrogen-bond donors (Lipinski definition) is 2. The molecule has 2 rings (SSSR count). The molecule has 2 aromatic rings. The number of hydrogen-bond acceptors (Lipinski definition) is 4. The van der Waals surface area contributed by atoms with Crippen LogP contribution in [-0.4, -0.2) is 29.8 Å². The highest BCUT2D eigenvalue weighted by molar-refractivity contribution is 6.04. The second kappa shape index (κ2) is 7.37. The molecule has 1 heterocycles. The molecule has 0 aliphatic carbocycles. The van der Waals surface area contributed by atoms with Gasteiger partial charge in [0.1, 0.15) is 0 Å². The fourth-order valence-corrected chi connectivity index (χ4v) is 1.80. The zero-order valence-electron chi connectivity index (χ0n) is 13.1. The molecule has 5 nitrogen and oxygen atoms in total. The van der Waals surface area contributed by atoms with Crippen LogP contribution in [0.4, 0.5) is 28.9 Å². The van der Waals surface area contributed by atoms with E-state index in [4.69, 9.17) is 5.73 Å². The highest BCUT2D eigenvalue weighted by Crippen LogP contribution is 2.24. The zero-order chi connectivity index (χ0) is 18.6. The Kier molecular flexibility index (Phi) is 5.45. The van der Waals surface area contributed by atoms with Crippen molar-refractivity contribution < 1.29 is 27.1 Å². The van der Waals surface area contributed by atoms with Crippen LogP contribution in [0, 0.1) is 6.92 Å². The van der Waals surface area contributed by atoms with Gasteiger partial charge in [-0.3, -0.25) is 4.79 Å². The lowest BCUT2D eigenvalue weighted by atomic mass is 10.1. The van der Waals surface area contributed by atoms with Gasteiger partial charge in [-0.25, -0.2) is 13.8 Å². The molecule has 3 N–H and O–H groups in total. The molecular formula is C16H15F4N3O2. The summed E-state index contributed by atoms with van der Waals surface area (Å²) in [5, 5.41) is 2.64. The van der Waals surface area contributed by atoms with Crippen molar-refractivity contribution in [2.45, 2.75) is 19.3 Å². The molecule has 0 unspecified atom stereocenters. The van der Waals surface area contributed by atoms with E-state index in [9.17, 15) is 22.4 Å². The number of aryl methyl sites for hydroxylation is 1. The van der Waals surface area contributed by atoms with Crippen LogP contribution in [0.5, 0.6) is 5.88 Å². The number of nitrogens with two attached hydrogens (primary N) is 1. The number of anilines is 2. The van der Waals surface area contributed by atoms with E-state index in [1.54, 1.807) is 25.1 Å². The molecule has 1 aromatic carbocycles. The van der Waals surface area contributed by atoms with E-state index in [1.165, 1.54) is 6.07 Å². The van der Waals surface area contributed by atoms with Gasteiger partial charge in [0.05, 0.1) is 5.56 Å². The van der Waals surface area contributed by atoms with Gasteiger partial charge in [0, 0.05) is 23.6 Å². The summed E-state index contributed by atoms with van der Waals surface area (Å²) in [6.07, 6.45) is -2.74. The quantitative estimate of drug-likeness (QED) is 0.613. The van der Waals surface area contributed by atoms with Crippen LogP contribution >= 0.6 is 0 Å². The minimum Gasteiger partial charge on any atom is -0.471 e. The van der Waals surface area contributed by atoms with Gasteiger partial charge in [-0.2, -0.15) is 8.78 Å². The molecule has 0 bridgehead atoms. The van der Waals surface area contributed by atoms with Crippen molar-refractivity contribution in [2.24, 2.45) is 0 Å². The zero-order valence-corrected chi connectivity index (χ0v) is 13.1. The van der Waals surface area contributed by atoms with Crippen LogP contribution in [0.15, 0.2) is 36.5 Å². The minimum absolute atomic E-state index is 0.134. The third-order valence-corrected chi connectivity index (χ3v) is 3.24. The summed E-state index contributed by atoms with van der Waals surface area (Å²) in [6.45, 7) is 0.277. The first-order chi connectivity index (χ1) is 11.7. The second-order valence-corrected chi connectivity index (χ2v) is 5.26. The molecule has 134 valence electrons. The first-order valence-corrected chi connectivity index (χ1v) is 7.11. The van der Waals surface area contributed by atoms with Gasteiger partial charge in [0.2, 0.25) is 5.88 Å². The molecule has 9 heteroatoms. The SMILES string of the molecule is Cc1ccc(N)cc1NC(=O)c1ccc(OCC(F)(F)C(F)F)nc1. The van der Waals surface area contributed by atoms with Crippen molar-refractivity contribution >= 4 is 17.3 Å². The standard InChI is InChI=1S/C16H15F4N3O2/c1-9-2-4-11(21)6-12(9)23-14(24)10-3-5-13(22-7-10)25-8-16(19,20)15(17)18/h2-7,15H,8,21H2,1H3,(H,23,24). The van der Waals surface area contributed by atoms with Crippen molar-refractivity contribution in [2.75, 3.05) is 17.7 Å². The van der Waals surface area contributed by atoms with E-state index in [2.05, 4.69) is 15.0 Å². The van der Waals surface area contributed by atoms with Crippen molar-refractivity contribution in [3.63, 3.8) is 0 Å². The Hall–Kier alpha value is -2.84. The van der Waals surface area contributed by atoms with Crippen molar-refractivity contribution in [3.8, 4) is 5.88 Å². The lowest BCUT2D eigenvalue weighted by Crippen LogP contribution is -2.33. The number of benzene rings is 1. The summed E-state index contributed by atoms with van der Waals surface area (Å²) in [5.41, 5.74) is 7.58. The number of aromatic nitrogens is 1. The maximum atomic E-state index is 12.8. The van der Waals surface area contributed by atoms with Crippen LogP contribution in [0.25, 0.3) is 0 Å². The highest BCUT2D eigenvalue weighted by Gasteiger charge is 2.41. The van der Waals surface area contributed by atoms with Crippen molar-refractivity contribution in [1.82, 2.24) is 4.98 Å². The fraction of sp³-hybridized carbons (Fsp3) is 0.250. The smallest absolute Gasteiger partial charge is 0.340 e. The molecule has 0 aliphatic rings. The number of alkyl halides is 4. The van der Waals surface area contributed by atoms with E-state index in [-0.39, 0.29) is 11.4 Å². The number of nitrogen functional groups attached to an aromatic ring is 1. The van der Waals surface area contributed by atoms with Gasteiger partial charge < -0.3 is 15.8 Å². The van der Waals surface area contributed by atoms with E-state index in [1.807, 2.05) is 0 Å². The predicted molar refractivity (Wildman–Crippen MR) is 84.2 cm³/mol. The number of ether oxygens (including phenoxy) is 1. The van der Waals surface area contributed by atoms with Gasteiger partial charge in [0.25, 0.3) is 5.91 Å². The number of halogens is 4. The van der Waals surface area contributed by atoms with Gasteiger partial charge in [-0.1, -0.05) is 6.07 Å². The van der Waals surface area contributed by atoms with Gasteiger partial charge in [0.15, 0.2) is 6.61 Å². The summed E-state index contributed by atoms with van der Waals surface area (Å²) >= 11 is 0. The number of pyridine rings is 1. The van der Waals surface area contributed by atoms with Crippen LogP contribution in [0.1, 0.15) is 15.9 Å². The number of nitrogens with one attached hydrogen (secondary N) is 1. The second-order valence-electron chi connectivity index (χ2n) is 5.26. The maximum absolute atomic E-state index is 12.8. The molecule has 0 fully saturated rings. The Labute approximate surface area is 140 Å². The van der Waals surface area contributed by atoms with Crippen LogP contribution in [-0.2, 0) is 0 Å². The van der Waals surface area contributed by atoms with E-state index < -0.39 is 24.9 Å². The summed E-state index contributed by atoms with van der Waals surface area (Å²) in [7, 11) is 0. The lowest BCUT2D eigenvalue weighted by Gasteiger charge is -2.15. The topological polar surface area (TPSA) is 77.2 Å². The molecule has 0 aliphatic heterocycles. The Morgan fingerprint density at radius 2 is 2.04 bits per heavy atom. The molecule has 0 radical (unpaired) electrons. The Balaban J connectivity index is 2.02. The molecule has 0 atom stereocenters. The summed E-state index contributed by atoms with van der Waals surface area (Å²) < 4.78 is 54.2. The monoisotopic (exact) mass is 357 g/mol. The number of carbonyl (C=O) groups excluding carboxylic acids is 1. The Bertz CT molecular complexity index is 752. The van der Waals surface area contributed by atoms with Crippen LogP contribution in [0.3, 0.4) is 0 Å². The van der Waals surface area contributed by atoms with E-state index in [0.717, 1.165) is 17.8 Å². The number of carbonyl (C=O) groups is 1. The fourth-order valence-electron chi connectivity index (χ4n) is 1.80. The van der Waals surface area contributed by atoms with Crippen LogP contribution in [0.2, 0.25) is 0 Å². The Morgan fingerprint density at radius 1 is 1.32 bits per heavy atom. The molecule has 0 saturated carbocycles. The molecule has 1 aromatic heterocycles. The third kappa shape index (κ3) is 4.82. The third-order valence-electron chi connectivity index (χ3n) is 3.24. The van der Waals surface area contributed by atoms with Gasteiger partial charge in [-0.15, -0.1) is 0 Å². The number of nitrogens with zero attached hydrogens (tertiary/aromatic N) is 1. The Morgan fingerprint density at radius 3 is 2.64 bits per heavy atom. The van der Waals surface area contributed by atoms with E-state index in [0.29, 0.717) is 11.4 Å². The highest BCUT2D eigenvalue weighted by atomic mass is 19.3.